The summed E-state index contributed by atoms with van der Waals surface area (Å²) < 4.78 is 14.0. The zero-order valence-corrected chi connectivity index (χ0v) is 13.1. The average Bonchev–Trinajstić information content (AvgIpc) is 3.03. The Kier molecular flexibility index (Phi) is 4.60. The van der Waals surface area contributed by atoms with Crippen LogP contribution >= 0.6 is 0 Å². The number of rotatable bonds is 4. The Morgan fingerprint density at radius 2 is 1.92 bits per heavy atom. The minimum atomic E-state index is -1.21. The van der Waals surface area contributed by atoms with Gasteiger partial charge >= 0.3 is 5.97 Å². The van der Waals surface area contributed by atoms with Gasteiger partial charge in [-0.15, -0.1) is 0 Å². The third-order valence-electron chi connectivity index (χ3n) is 4.39. The number of carbonyl (C=O) groups excluding carboxylic acids is 1. The van der Waals surface area contributed by atoms with Crippen molar-refractivity contribution in [3.8, 4) is 0 Å². The number of halogens is 1. The number of likely N-dealkylation sites (tertiary alicyclic amines) is 1. The van der Waals surface area contributed by atoms with Crippen LogP contribution in [0.25, 0.3) is 0 Å². The normalized spacial score (nSPS) is 17.0. The molecule has 1 aliphatic rings. The van der Waals surface area contributed by atoms with Crippen LogP contribution in [0.3, 0.4) is 0 Å². The molecule has 4 nitrogen and oxygen atoms in total. The summed E-state index contributed by atoms with van der Waals surface area (Å²) in [6.45, 7) is 1.18. The number of nitrogens with zero attached hydrogens (tertiary/aromatic N) is 1. The molecule has 0 bridgehead atoms. The Bertz CT molecular complexity index is 760. The second kappa shape index (κ2) is 6.83. The van der Waals surface area contributed by atoms with E-state index in [1.165, 1.54) is 17.7 Å². The van der Waals surface area contributed by atoms with E-state index in [1.54, 1.807) is 4.90 Å². The van der Waals surface area contributed by atoms with Gasteiger partial charge in [-0.3, -0.25) is 4.79 Å². The Labute approximate surface area is 139 Å². The molecule has 0 aromatic heterocycles. The van der Waals surface area contributed by atoms with E-state index in [1.807, 2.05) is 18.2 Å². The number of benzene rings is 2. The predicted octanol–water partition coefficient (Wildman–Crippen LogP) is 3.23. The standard InChI is InChI=1S/C19H18FNO3/c20-17-11-15(19(23)24)6-7-16(17)18(22)21-9-8-14(12-21)10-13-4-2-1-3-5-13/h1-7,11,14H,8-10,12H2,(H,23,24). The number of carboxylic acid groups (broad SMARTS) is 1. The zero-order valence-electron chi connectivity index (χ0n) is 13.1. The van der Waals surface area contributed by atoms with Crippen molar-refractivity contribution in [3.63, 3.8) is 0 Å². The largest absolute Gasteiger partial charge is 0.478 e. The third-order valence-corrected chi connectivity index (χ3v) is 4.39. The first kappa shape index (κ1) is 16.2. The molecule has 1 saturated heterocycles. The van der Waals surface area contributed by atoms with Crippen LogP contribution in [0.2, 0.25) is 0 Å². The van der Waals surface area contributed by atoms with E-state index < -0.39 is 11.8 Å². The second-order valence-corrected chi connectivity index (χ2v) is 6.10. The SMILES string of the molecule is O=C(O)c1ccc(C(=O)N2CCC(Cc3ccccc3)C2)c(F)c1. The number of aromatic carboxylic acids is 1. The number of amides is 1. The molecule has 2 aromatic carbocycles. The molecule has 1 amide bonds. The Hall–Kier alpha value is -2.69. The summed E-state index contributed by atoms with van der Waals surface area (Å²) in [6, 6.07) is 13.5. The molecule has 124 valence electrons. The summed E-state index contributed by atoms with van der Waals surface area (Å²) in [5.74, 6) is -2.01. The van der Waals surface area contributed by atoms with Gasteiger partial charge in [0.1, 0.15) is 5.82 Å². The molecule has 0 aliphatic carbocycles. The average molecular weight is 327 g/mol. The van der Waals surface area contributed by atoms with Gasteiger partial charge in [0.25, 0.3) is 5.91 Å². The van der Waals surface area contributed by atoms with Crippen LogP contribution in [0.5, 0.6) is 0 Å². The molecule has 5 heteroatoms. The van der Waals surface area contributed by atoms with E-state index in [9.17, 15) is 14.0 Å². The lowest BCUT2D eigenvalue weighted by Crippen LogP contribution is -2.29. The van der Waals surface area contributed by atoms with Crippen molar-refractivity contribution in [2.75, 3.05) is 13.1 Å². The molecule has 0 spiro atoms. The van der Waals surface area contributed by atoms with Gasteiger partial charge in [0, 0.05) is 13.1 Å². The molecule has 24 heavy (non-hydrogen) atoms. The van der Waals surface area contributed by atoms with Gasteiger partial charge in [-0.1, -0.05) is 30.3 Å². The molecule has 1 fully saturated rings. The minimum absolute atomic E-state index is 0.0691. The first-order valence-corrected chi connectivity index (χ1v) is 7.90. The lowest BCUT2D eigenvalue weighted by molar-refractivity contribution is 0.0693. The van der Waals surface area contributed by atoms with Gasteiger partial charge in [-0.2, -0.15) is 0 Å². The van der Waals surface area contributed by atoms with E-state index in [0.29, 0.717) is 19.0 Å². The fraction of sp³-hybridized carbons (Fsp3) is 0.263. The monoisotopic (exact) mass is 327 g/mol. The highest BCUT2D eigenvalue weighted by Gasteiger charge is 2.28. The van der Waals surface area contributed by atoms with E-state index in [4.69, 9.17) is 5.11 Å². The summed E-state index contributed by atoms with van der Waals surface area (Å²) in [6.07, 6.45) is 1.78. The Morgan fingerprint density at radius 3 is 2.58 bits per heavy atom. The molecule has 0 saturated carbocycles. The lowest BCUT2D eigenvalue weighted by Gasteiger charge is -2.17. The lowest BCUT2D eigenvalue weighted by atomic mass is 9.99. The maximum absolute atomic E-state index is 14.0. The molecule has 1 atom stereocenters. The minimum Gasteiger partial charge on any atom is -0.478 e. The molecule has 0 radical (unpaired) electrons. The van der Waals surface area contributed by atoms with Crippen LogP contribution in [0, 0.1) is 11.7 Å². The van der Waals surface area contributed by atoms with Gasteiger partial charge < -0.3 is 10.0 Å². The molecule has 1 aliphatic heterocycles. The van der Waals surface area contributed by atoms with Crippen molar-refractivity contribution in [3.05, 3.63) is 71.0 Å². The Morgan fingerprint density at radius 1 is 1.17 bits per heavy atom. The van der Waals surface area contributed by atoms with Gasteiger partial charge in [-0.25, -0.2) is 9.18 Å². The highest BCUT2D eigenvalue weighted by Crippen LogP contribution is 2.23. The van der Waals surface area contributed by atoms with Crippen LogP contribution in [0.1, 0.15) is 32.7 Å². The predicted molar refractivity (Wildman–Crippen MR) is 87.5 cm³/mol. The molecule has 1 unspecified atom stereocenters. The maximum atomic E-state index is 14.0. The van der Waals surface area contributed by atoms with Gasteiger partial charge in [-0.05, 0) is 42.5 Å². The van der Waals surface area contributed by atoms with Crippen LogP contribution < -0.4 is 0 Å². The quantitative estimate of drug-likeness (QED) is 0.938. The van der Waals surface area contributed by atoms with Crippen molar-refractivity contribution < 1.29 is 19.1 Å². The Balaban J connectivity index is 1.67. The molecule has 1 heterocycles. The highest BCUT2D eigenvalue weighted by atomic mass is 19.1. The van der Waals surface area contributed by atoms with Gasteiger partial charge in [0.05, 0.1) is 11.1 Å². The summed E-state index contributed by atoms with van der Waals surface area (Å²) in [4.78, 5) is 25.0. The molecular formula is C19H18FNO3. The van der Waals surface area contributed by atoms with Gasteiger partial charge in [0.15, 0.2) is 0 Å². The summed E-state index contributed by atoms with van der Waals surface area (Å²) in [7, 11) is 0. The number of hydrogen-bond donors (Lipinski definition) is 1. The van der Waals surface area contributed by atoms with Crippen molar-refractivity contribution in [1.29, 1.82) is 0 Å². The highest BCUT2D eigenvalue weighted by molar-refractivity contribution is 5.96. The first-order valence-electron chi connectivity index (χ1n) is 7.90. The van der Waals surface area contributed by atoms with Crippen molar-refractivity contribution in [2.24, 2.45) is 5.92 Å². The molecular weight excluding hydrogens is 309 g/mol. The molecule has 3 rings (SSSR count). The maximum Gasteiger partial charge on any atom is 0.335 e. The van der Waals surface area contributed by atoms with Gasteiger partial charge in [0.2, 0.25) is 0 Å². The number of carboxylic acids is 1. The van der Waals surface area contributed by atoms with Crippen LogP contribution in [-0.2, 0) is 6.42 Å². The third kappa shape index (κ3) is 3.45. The van der Waals surface area contributed by atoms with E-state index in [2.05, 4.69) is 12.1 Å². The van der Waals surface area contributed by atoms with E-state index in [0.717, 1.165) is 18.9 Å². The van der Waals surface area contributed by atoms with E-state index >= 15 is 0 Å². The number of hydrogen-bond acceptors (Lipinski definition) is 2. The van der Waals surface area contributed by atoms with Crippen molar-refractivity contribution in [1.82, 2.24) is 4.90 Å². The second-order valence-electron chi connectivity index (χ2n) is 6.10. The molecule has 1 N–H and O–H groups in total. The molecule has 2 aromatic rings. The summed E-state index contributed by atoms with van der Waals surface area (Å²) in [5, 5.41) is 8.86. The van der Waals surface area contributed by atoms with Crippen LogP contribution in [0.4, 0.5) is 4.39 Å². The first-order chi connectivity index (χ1) is 11.5. The van der Waals surface area contributed by atoms with Crippen LogP contribution in [-0.4, -0.2) is 35.0 Å². The topological polar surface area (TPSA) is 57.6 Å². The fourth-order valence-electron chi connectivity index (χ4n) is 3.12. The summed E-state index contributed by atoms with van der Waals surface area (Å²) in [5.41, 5.74) is 1.00. The van der Waals surface area contributed by atoms with Crippen molar-refractivity contribution in [2.45, 2.75) is 12.8 Å². The zero-order chi connectivity index (χ0) is 17.1. The fourth-order valence-corrected chi connectivity index (χ4v) is 3.12. The van der Waals surface area contributed by atoms with Crippen LogP contribution in [0.15, 0.2) is 48.5 Å². The van der Waals surface area contributed by atoms with E-state index in [-0.39, 0.29) is 17.0 Å². The number of carbonyl (C=O) groups is 2. The smallest absolute Gasteiger partial charge is 0.335 e. The van der Waals surface area contributed by atoms with Crippen molar-refractivity contribution >= 4 is 11.9 Å². The summed E-state index contributed by atoms with van der Waals surface area (Å²) >= 11 is 0.